The van der Waals surface area contributed by atoms with Gasteiger partial charge in [-0.15, -0.1) is 0 Å². The van der Waals surface area contributed by atoms with Crippen molar-refractivity contribution in [1.82, 2.24) is 9.80 Å². The zero-order chi connectivity index (χ0) is 18.6. The Morgan fingerprint density at radius 3 is 2.50 bits per heavy atom. The summed E-state index contributed by atoms with van der Waals surface area (Å²) in [4.78, 5) is 17.8. The molecule has 2 aliphatic heterocycles. The average Bonchev–Trinajstić information content (AvgIpc) is 2.87. The summed E-state index contributed by atoms with van der Waals surface area (Å²) >= 11 is 1.98. The summed E-state index contributed by atoms with van der Waals surface area (Å²) in [5.74, 6) is 2.36. The van der Waals surface area contributed by atoms with Gasteiger partial charge >= 0.3 is 0 Å². The molecule has 1 unspecified atom stereocenters. The summed E-state index contributed by atoms with van der Waals surface area (Å²) in [6.07, 6.45) is 1.08. The monoisotopic (exact) mass is 376 g/mol. The molecule has 0 aliphatic carbocycles. The Hall–Kier alpha value is -1.04. The van der Waals surface area contributed by atoms with E-state index >= 15 is 0 Å². The number of thioether (sulfide) groups is 1. The second-order valence-corrected chi connectivity index (χ2v) is 9.47. The van der Waals surface area contributed by atoms with E-state index in [1.54, 1.807) is 0 Å². The molecule has 26 heavy (non-hydrogen) atoms. The average molecular weight is 377 g/mol. The minimum Gasteiger partial charge on any atom is -0.379 e. The van der Waals surface area contributed by atoms with Gasteiger partial charge in [0, 0.05) is 37.5 Å². The minimum atomic E-state index is 0.111. The first-order valence-corrected chi connectivity index (χ1v) is 10.9. The molecule has 3 rings (SSSR count). The van der Waals surface area contributed by atoms with Gasteiger partial charge in [0.2, 0.25) is 0 Å². The predicted octanol–water partition coefficient (Wildman–Crippen LogP) is 3.26. The largest absolute Gasteiger partial charge is 0.379 e. The second kappa shape index (κ2) is 8.77. The van der Waals surface area contributed by atoms with Crippen molar-refractivity contribution in [1.29, 1.82) is 0 Å². The fourth-order valence-corrected chi connectivity index (χ4v) is 4.67. The molecule has 0 spiro atoms. The van der Waals surface area contributed by atoms with Crippen LogP contribution in [-0.2, 0) is 10.2 Å². The zero-order valence-electron chi connectivity index (χ0n) is 16.4. The van der Waals surface area contributed by atoms with Gasteiger partial charge in [0.15, 0.2) is 0 Å². The maximum atomic E-state index is 13.2. The van der Waals surface area contributed by atoms with Crippen molar-refractivity contribution in [3.05, 3.63) is 35.4 Å². The van der Waals surface area contributed by atoms with Gasteiger partial charge in [0.25, 0.3) is 5.91 Å². The first-order chi connectivity index (χ1) is 12.4. The predicted molar refractivity (Wildman–Crippen MR) is 109 cm³/mol. The van der Waals surface area contributed by atoms with Gasteiger partial charge in [0.05, 0.1) is 19.3 Å². The number of amides is 1. The van der Waals surface area contributed by atoms with Gasteiger partial charge in [-0.3, -0.25) is 9.69 Å². The number of hydrogen-bond acceptors (Lipinski definition) is 4. The molecule has 0 saturated carbocycles. The lowest BCUT2D eigenvalue weighted by Gasteiger charge is -2.35. The highest BCUT2D eigenvalue weighted by Gasteiger charge is 2.29. The quantitative estimate of drug-likeness (QED) is 0.811. The molecule has 2 aliphatic rings. The molecule has 2 heterocycles. The molecule has 0 bridgehead atoms. The van der Waals surface area contributed by atoms with Crippen LogP contribution in [0.1, 0.15) is 43.1 Å². The van der Waals surface area contributed by atoms with Crippen LogP contribution in [0.25, 0.3) is 0 Å². The van der Waals surface area contributed by atoms with Crippen molar-refractivity contribution in [2.45, 2.75) is 38.6 Å². The highest BCUT2D eigenvalue weighted by Crippen LogP contribution is 2.24. The van der Waals surface area contributed by atoms with Crippen LogP contribution < -0.4 is 0 Å². The number of nitrogens with zero attached hydrogens (tertiary/aromatic N) is 2. The maximum absolute atomic E-state index is 13.2. The number of ether oxygens (including phenoxy) is 1. The number of carbonyl (C=O) groups is 1. The van der Waals surface area contributed by atoms with E-state index < -0.39 is 0 Å². The maximum Gasteiger partial charge on any atom is 0.254 e. The topological polar surface area (TPSA) is 32.8 Å². The van der Waals surface area contributed by atoms with E-state index in [1.165, 1.54) is 5.56 Å². The molecule has 2 saturated heterocycles. The van der Waals surface area contributed by atoms with E-state index in [1.807, 2.05) is 23.9 Å². The third kappa shape index (κ3) is 5.02. The van der Waals surface area contributed by atoms with E-state index in [-0.39, 0.29) is 17.4 Å². The Labute approximate surface area is 162 Å². The first kappa shape index (κ1) is 19.7. The molecule has 0 aromatic heterocycles. The van der Waals surface area contributed by atoms with Crippen molar-refractivity contribution in [2.75, 3.05) is 50.9 Å². The third-order valence-electron chi connectivity index (χ3n) is 5.27. The van der Waals surface area contributed by atoms with Crippen LogP contribution in [-0.4, -0.2) is 72.6 Å². The van der Waals surface area contributed by atoms with Gasteiger partial charge in [-0.25, -0.2) is 0 Å². The minimum absolute atomic E-state index is 0.111. The van der Waals surface area contributed by atoms with Gasteiger partial charge in [0.1, 0.15) is 0 Å². The number of carbonyl (C=O) groups excluding carboxylic acids is 1. The van der Waals surface area contributed by atoms with Crippen molar-refractivity contribution in [3.63, 3.8) is 0 Å². The standard InChI is InChI=1S/C21H32N2O2S/c1-21(2,3)18-7-5-17(6-8-18)20(24)23-9-4-14-26-16-19(23)15-22-10-12-25-13-11-22/h5-8,19H,4,9-16H2,1-3H3. The van der Waals surface area contributed by atoms with E-state index in [9.17, 15) is 4.79 Å². The van der Waals surface area contributed by atoms with Crippen LogP contribution in [0.15, 0.2) is 24.3 Å². The highest BCUT2D eigenvalue weighted by molar-refractivity contribution is 7.99. The van der Waals surface area contributed by atoms with Crippen molar-refractivity contribution in [2.24, 2.45) is 0 Å². The fourth-order valence-electron chi connectivity index (χ4n) is 3.61. The molecule has 4 nitrogen and oxygen atoms in total. The molecular weight excluding hydrogens is 344 g/mol. The molecule has 2 fully saturated rings. The highest BCUT2D eigenvalue weighted by atomic mass is 32.2. The summed E-state index contributed by atoms with van der Waals surface area (Å²) in [7, 11) is 0. The fraction of sp³-hybridized carbons (Fsp3) is 0.667. The summed E-state index contributed by atoms with van der Waals surface area (Å²) < 4.78 is 5.47. The van der Waals surface area contributed by atoms with E-state index in [0.717, 1.165) is 62.9 Å². The van der Waals surface area contributed by atoms with E-state index in [4.69, 9.17) is 4.74 Å². The molecule has 0 N–H and O–H groups in total. The van der Waals surface area contributed by atoms with Gasteiger partial charge in [-0.1, -0.05) is 32.9 Å². The first-order valence-electron chi connectivity index (χ1n) is 9.74. The van der Waals surface area contributed by atoms with Crippen molar-refractivity contribution >= 4 is 17.7 Å². The van der Waals surface area contributed by atoms with Gasteiger partial charge < -0.3 is 9.64 Å². The summed E-state index contributed by atoms with van der Waals surface area (Å²) in [5.41, 5.74) is 2.20. The van der Waals surface area contributed by atoms with Crippen LogP contribution in [0, 0.1) is 0 Å². The molecular formula is C21H32N2O2S. The summed E-state index contributed by atoms with van der Waals surface area (Å²) in [6.45, 7) is 12.0. The molecule has 1 aromatic rings. The lowest BCUT2D eigenvalue weighted by atomic mass is 9.86. The third-order valence-corrected chi connectivity index (χ3v) is 6.47. The Morgan fingerprint density at radius 2 is 1.85 bits per heavy atom. The zero-order valence-corrected chi connectivity index (χ0v) is 17.2. The number of benzene rings is 1. The molecule has 1 atom stereocenters. The van der Waals surface area contributed by atoms with Crippen LogP contribution in [0.2, 0.25) is 0 Å². The van der Waals surface area contributed by atoms with Crippen LogP contribution in [0.4, 0.5) is 0 Å². The SMILES string of the molecule is CC(C)(C)c1ccc(C(=O)N2CCCSCC2CN2CCOCC2)cc1. The molecule has 0 radical (unpaired) electrons. The van der Waals surface area contributed by atoms with Crippen LogP contribution in [0.5, 0.6) is 0 Å². The smallest absolute Gasteiger partial charge is 0.254 e. The van der Waals surface area contributed by atoms with Gasteiger partial charge in [-0.05, 0) is 35.3 Å². The number of morpholine rings is 1. The Morgan fingerprint density at radius 1 is 1.15 bits per heavy atom. The Bertz CT molecular complexity index is 591. The van der Waals surface area contributed by atoms with E-state index in [2.05, 4.69) is 42.7 Å². The second-order valence-electron chi connectivity index (χ2n) is 8.32. The number of rotatable bonds is 3. The molecule has 144 valence electrons. The molecule has 5 heteroatoms. The van der Waals surface area contributed by atoms with Crippen LogP contribution in [0.3, 0.4) is 0 Å². The molecule has 1 aromatic carbocycles. The number of hydrogen-bond donors (Lipinski definition) is 0. The van der Waals surface area contributed by atoms with Crippen LogP contribution >= 0.6 is 11.8 Å². The lowest BCUT2D eigenvalue weighted by Crippen LogP contribution is -2.50. The van der Waals surface area contributed by atoms with E-state index in [0.29, 0.717) is 0 Å². The molecule has 1 amide bonds. The van der Waals surface area contributed by atoms with Crippen molar-refractivity contribution in [3.8, 4) is 0 Å². The van der Waals surface area contributed by atoms with Crippen molar-refractivity contribution < 1.29 is 9.53 Å². The summed E-state index contributed by atoms with van der Waals surface area (Å²) in [5, 5.41) is 0. The van der Waals surface area contributed by atoms with Gasteiger partial charge in [-0.2, -0.15) is 11.8 Å². The Balaban J connectivity index is 1.73. The Kier molecular flexibility index (Phi) is 6.65. The summed E-state index contributed by atoms with van der Waals surface area (Å²) in [6, 6.07) is 8.52. The normalized spacial score (nSPS) is 22.9. The lowest BCUT2D eigenvalue weighted by molar-refractivity contribution is 0.0245.